The lowest BCUT2D eigenvalue weighted by atomic mass is 9.94. The fraction of sp³-hybridized carbons (Fsp3) is 0.619. The average molecular weight is 422 g/mol. The van der Waals surface area contributed by atoms with Gasteiger partial charge in [0.15, 0.2) is 0 Å². The molecular formula is C21H31N3O4S. The SMILES string of the molecule is CC(C)[C@@H](NS(=O)(=O)c1ccc2c(c1)CCCC(=O)N2)C(=O)NC1CCCCC1. The lowest BCUT2D eigenvalue weighted by molar-refractivity contribution is -0.124. The van der Waals surface area contributed by atoms with Gasteiger partial charge in [-0.15, -0.1) is 0 Å². The van der Waals surface area contributed by atoms with Crippen molar-refractivity contribution in [3.8, 4) is 0 Å². The Morgan fingerprint density at radius 1 is 1.10 bits per heavy atom. The van der Waals surface area contributed by atoms with Crippen molar-refractivity contribution >= 4 is 27.5 Å². The molecule has 1 heterocycles. The van der Waals surface area contributed by atoms with Crippen LogP contribution in [0.2, 0.25) is 0 Å². The summed E-state index contributed by atoms with van der Waals surface area (Å²) in [5.41, 5.74) is 1.45. The van der Waals surface area contributed by atoms with E-state index in [0.717, 1.165) is 31.2 Å². The Morgan fingerprint density at radius 2 is 1.83 bits per heavy atom. The molecule has 0 aromatic heterocycles. The summed E-state index contributed by atoms with van der Waals surface area (Å²) in [4.78, 5) is 24.6. The van der Waals surface area contributed by atoms with E-state index in [1.54, 1.807) is 12.1 Å². The standard InChI is InChI=1S/C21H31N3O4S/c1-14(2)20(21(26)22-16-8-4-3-5-9-16)24-29(27,28)17-11-12-18-15(13-17)7-6-10-19(25)23-18/h11-14,16,20,24H,3-10H2,1-2H3,(H,22,26)(H,23,25)/t20-/m1/s1. The van der Waals surface area contributed by atoms with Crippen LogP contribution in [-0.2, 0) is 26.0 Å². The highest BCUT2D eigenvalue weighted by Crippen LogP contribution is 2.25. The van der Waals surface area contributed by atoms with Crippen LogP contribution >= 0.6 is 0 Å². The molecule has 29 heavy (non-hydrogen) atoms. The van der Waals surface area contributed by atoms with E-state index in [2.05, 4.69) is 15.4 Å². The first-order chi connectivity index (χ1) is 13.8. The molecule has 3 rings (SSSR count). The van der Waals surface area contributed by atoms with Gasteiger partial charge in [-0.2, -0.15) is 4.72 Å². The van der Waals surface area contributed by atoms with Crippen LogP contribution in [0.25, 0.3) is 0 Å². The van der Waals surface area contributed by atoms with Crippen LogP contribution in [-0.4, -0.2) is 32.3 Å². The van der Waals surface area contributed by atoms with E-state index in [4.69, 9.17) is 0 Å². The highest BCUT2D eigenvalue weighted by molar-refractivity contribution is 7.89. The maximum absolute atomic E-state index is 13.0. The molecule has 160 valence electrons. The number of carbonyl (C=O) groups excluding carboxylic acids is 2. The van der Waals surface area contributed by atoms with E-state index in [9.17, 15) is 18.0 Å². The number of rotatable bonds is 6. The quantitative estimate of drug-likeness (QED) is 0.657. The van der Waals surface area contributed by atoms with Gasteiger partial charge in [0.1, 0.15) is 6.04 Å². The highest BCUT2D eigenvalue weighted by atomic mass is 32.2. The molecule has 8 heteroatoms. The van der Waals surface area contributed by atoms with E-state index >= 15 is 0 Å². The van der Waals surface area contributed by atoms with E-state index in [1.165, 1.54) is 12.5 Å². The molecule has 0 bridgehead atoms. The predicted octanol–water partition coefficient (Wildman–Crippen LogP) is 2.71. The Balaban J connectivity index is 1.75. The number of nitrogens with one attached hydrogen (secondary N) is 3. The summed E-state index contributed by atoms with van der Waals surface area (Å²) in [7, 11) is -3.87. The third kappa shape index (κ3) is 5.57. The zero-order chi connectivity index (χ0) is 21.0. The lowest BCUT2D eigenvalue weighted by Gasteiger charge is -2.27. The van der Waals surface area contributed by atoms with Gasteiger partial charge in [-0.25, -0.2) is 8.42 Å². The minimum Gasteiger partial charge on any atom is -0.352 e. The van der Waals surface area contributed by atoms with Gasteiger partial charge in [-0.1, -0.05) is 33.1 Å². The van der Waals surface area contributed by atoms with Crippen molar-refractivity contribution in [3.63, 3.8) is 0 Å². The summed E-state index contributed by atoms with van der Waals surface area (Å²) in [6, 6.07) is 3.99. The van der Waals surface area contributed by atoms with Gasteiger partial charge in [-0.05, 0) is 55.4 Å². The third-order valence-corrected chi connectivity index (χ3v) is 7.13. The van der Waals surface area contributed by atoms with Crippen LogP contribution in [0.4, 0.5) is 5.69 Å². The molecule has 0 spiro atoms. The molecule has 7 nitrogen and oxygen atoms in total. The predicted molar refractivity (Wildman–Crippen MR) is 112 cm³/mol. The number of anilines is 1. The van der Waals surface area contributed by atoms with Gasteiger partial charge in [0.2, 0.25) is 21.8 Å². The Morgan fingerprint density at radius 3 is 2.52 bits per heavy atom. The number of benzene rings is 1. The van der Waals surface area contributed by atoms with Gasteiger partial charge in [0.25, 0.3) is 0 Å². The number of hydrogen-bond acceptors (Lipinski definition) is 4. The summed E-state index contributed by atoms with van der Waals surface area (Å²) in [5, 5.41) is 5.83. The molecule has 1 aromatic rings. The minimum absolute atomic E-state index is 0.0586. The molecule has 0 saturated heterocycles. The fourth-order valence-corrected chi connectivity index (χ4v) is 5.38. The van der Waals surface area contributed by atoms with Gasteiger partial charge < -0.3 is 10.6 Å². The van der Waals surface area contributed by atoms with Crippen molar-refractivity contribution in [2.24, 2.45) is 5.92 Å². The van der Waals surface area contributed by atoms with E-state index in [1.807, 2.05) is 13.8 Å². The Kier molecular flexibility index (Phi) is 6.95. The summed E-state index contributed by atoms with van der Waals surface area (Å²) in [6.07, 6.45) is 6.99. The molecule has 1 aromatic carbocycles. The largest absolute Gasteiger partial charge is 0.352 e. The smallest absolute Gasteiger partial charge is 0.241 e. The number of hydrogen-bond donors (Lipinski definition) is 3. The second kappa shape index (κ2) is 9.26. The minimum atomic E-state index is -3.87. The van der Waals surface area contributed by atoms with E-state index in [0.29, 0.717) is 24.9 Å². The zero-order valence-electron chi connectivity index (χ0n) is 17.2. The fourth-order valence-electron chi connectivity index (χ4n) is 3.98. The number of sulfonamides is 1. The van der Waals surface area contributed by atoms with Gasteiger partial charge in [-0.3, -0.25) is 9.59 Å². The van der Waals surface area contributed by atoms with Gasteiger partial charge in [0.05, 0.1) is 4.90 Å². The van der Waals surface area contributed by atoms with Crippen molar-refractivity contribution in [1.29, 1.82) is 0 Å². The van der Waals surface area contributed by atoms with Gasteiger partial charge in [0, 0.05) is 18.2 Å². The number of carbonyl (C=O) groups is 2. The molecular weight excluding hydrogens is 390 g/mol. The Bertz CT molecular complexity index is 861. The summed E-state index contributed by atoms with van der Waals surface area (Å²) >= 11 is 0. The van der Waals surface area contributed by atoms with Crippen molar-refractivity contribution in [3.05, 3.63) is 23.8 Å². The molecule has 2 aliphatic rings. The number of fused-ring (bicyclic) bond motifs is 1. The Labute approximate surface area is 173 Å². The van der Waals surface area contributed by atoms with Crippen LogP contribution < -0.4 is 15.4 Å². The molecule has 0 unspecified atom stereocenters. The van der Waals surface area contributed by atoms with Crippen LogP contribution in [0, 0.1) is 5.92 Å². The van der Waals surface area contributed by atoms with E-state index in [-0.39, 0.29) is 28.7 Å². The van der Waals surface area contributed by atoms with Crippen LogP contribution in [0.5, 0.6) is 0 Å². The third-order valence-electron chi connectivity index (χ3n) is 5.69. The van der Waals surface area contributed by atoms with E-state index < -0.39 is 16.1 Å². The molecule has 1 saturated carbocycles. The lowest BCUT2D eigenvalue weighted by Crippen LogP contribution is -2.52. The number of amides is 2. The molecule has 1 atom stereocenters. The molecule has 0 radical (unpaired) electrons. The zero-order valence-corrected chi connectivity index (χ0v) is 18.0. The monoisotopic (exact) mass is 421 g/mol. The maximum Gasteiger partial charge on any atom is 0.241 e. The van der Waals surface area contributed by atoms with Crippen LogP contribution in [0.1, 0.15) is 64.4 Å². The normalized spacial score (nSPS) is 19.2. The number of aryl methyl sites for hydroxylation is 1. The summed E-state index contributed by atoms with van der Waals surface area (Å²) in [6.45, 7) is 3.67. The summed E-state index contributed by atoms with van der Waals surface area (Å²) < 4.78 is 28.6. The van der Waals surface area contributed by atoms with Crippen LogP contribution in [0.15, 0.2) is 23.1 Å². The van der Waals surface area contributed by atoms with Crippen molar-refractivity contribution in [1.82, 2.24) is 10.0 Å². The molecule has 3 N–H and O–H groups in total. The molecule has 2 amide bonds. The Hall–Kier alpha value is -1.93. The average Bonchev–Trinajstić information content (AvgIpc) is 2.86. The first-order valence-electron chi connectivity index (χ1n) is 10.5. The van der Waals surface area contributed by atoms with Crippen molar-refractivity contribution in [2.75, 3.05) is 5.32 Å². The first kappa shape index (κ1) is 21.8. The molecule has 1 aliphatic heterocycles. The second-order valence-corrected chi connectivity index (χ2v) is 10.1. The van der Waals surface area contributed by atoms with Crippen molar-refractivity contribution < 1.29 is 18.0 Å². The summed E-state index contributed by atoms with van der Waals surface area (Å²) in [5.74, 6) is -0.511. The maximum atomic E-state index is 13.0. The van der Waals surface area contributed by atoms with Crippen LogP contribution in [0.3, 0.4) is 0 Å². The molecule has 1 fully saturated rings. The second-order valence-electron chi connectivity index (χ2n) is 8.41. The topological polar surface area (TPSA) is 104 Å². The highest BCUT2D eigenvalue weighted by Gasteiger charge is 2.30. The first-order valence-corrected chi connectivity index (χ1v) is 12.0. The molecule has 1 aliphatic carbocycles. The van der Waals surface area contributed by atoms with Gasteiger partial charge >= 0.3 is 0 Å². The van der Waals surface area contributed by atoms with Crippen molar-refractivity contribution in [2.45, 2.75) is 82.2 Å².